The van der Waals surface area contributed by atoms with E-state index in [9.17, 15) is 9.65 Å². The minimum atomic E-state index is -0.404. The van der Waals surface area contributed by atoms with Crippen molar-refractivity contribution in [3.8, 4) is 11.8 Å². The molecule has 0 fully saturated rings. The summed E-state index contributed by atoms with van der Waals surface area (Å²) in [5, 5.41) is 13.1. The molecule has 1 aromatic heterocycles. The number of aromatic nitrogens is 1. The van der Waals surface area contributed by atoms with E-state index in [0.717, 1.165) is 5.56 Å². The van der Waals surface area contributed by atoms with Gasteiger partial charge in [0.15, 0.2) is 11.6 Å². The first-order valence-corrected chi connectivity index (χ1v) is 6.33. The van der Waals surface area contributed by atoms with Crippen LogP contribution in [-0.4, -0.2) is 11.8 Å². The summed E-state index contributed by atoms with van der Waals surface area (Å²) < 4.78 is 23.8. The first kappa shape index (κ1) is 14.1. The summed E-state index contributed by atoms with van der Waals surface area (Å²) in [7, 11) is 0. The van der Waals surface area contributed by atoms with Gasteiger partial charge >= 0.3 is 0 Å². The first-order chi connectivity index (χ1) is 9.63. The van der Waals surface area contributed by atoms with Gasteiger partial charge in [-0.3, -0.25) is 0 Å². The highest BCUT2D eigenvalue weighted by atomic mass is 19.1. The number of nitriles is 1. The van der Waals surface area contributed by atoms with Crippen LogP contribution in [0.15, 0.2) is 28.8 Å². The number of halogens is 1. The average Bonchev–Trinajstić information content (AvgIpc) is 2.77. The SMILES string of the molecule is Cc1noc(C)c1C(C#N)CCOc1ccccc1F. The summed E-state index contributed by atoms with van der Waals surface area (Å²) in [6.07, 6.45) is 0.452. The molecule has 0 N–H and O–H groups in total. The molecule has 0 saturated carbocycles. The Balaban J connectivity index is 1.99. The highest BCUT2D eigenvalue weighted by molar-refractivity contribution is 5.30. The van der Waals surface area contributed by atoms with Crippen LogP contribution in [0.1, 0.15) is 29.4 Å². The molecule has 0 saturated heterocycles. The Morgan fingerprint density at radius 2 is 2.15 bits per heavy atom. The van der Waals surface area contributed by atoms with Gasteiger partial charge in [-0.05, 0) is 26.0 Å². The summed E-state index contributed by atoms with van der Waals surface area (Å²) >= 11 is 0. The average molecular weight is 274 g/mol. The molecule has 0 amide bonds. The fourth-order valence-corrected chi connectivity index (χ4v) is 2.11. The molecule has 1 unspecified atom stereocenters. The molecule has 2 rings (SSSR count). The van der Waals surface area contributed by atoms with Crippen LogP contribution in [0.4, 0.5) is 4.39 Å². The van der Waals surface area contributed by atoms with Crippen molar-refractivity contribution in [1.29, 1.82) is 5.26 Å². The maximum absolute atomic E-state index is 13.4. The predicted molar refractivity (Wildman–Crippen MR) is 70.8 cm³/mol. The fraction of sp³-hybridized carbons (Fsp3) is 0.333. The van der Waals surface area contributed by atoms with E-state index in [1.807, 2.05) is 0 Å². The van der Waals surface area contributed by atoms with Crippen LogP contribution in [0.3, 0.4) is 0 Å². The molecule has 20 heavy (non-hydrogen) atoms. The van der Waals surface area contributed by atoms with Crippen molar-refractivity contribution in [2.24, 2.45) is 0 Å². The van der Waals surface area contributed by atoms with E-state index < -0.39 is 5.82 Å². The zero-order chi connectivity index (χ0) is 14.5. The molecule has 2 aromatic rings. The Bertz CT molecular complexity index is 612. The second kappa shape index (κ2) is 6.20. The minimum Gasteiger partial charge on any atom is -0.490 e. The molecule has 1 atom stereocenters. The van der Waals surface area contributed by atoms with Gasteiger partial charge in [0.1, 0.15) is 5.76 Å². The fourth-order valence-electron chi connectivity index (χ4n) is 2.11. The lowest BCUT2D eigenvalue weighted by atomic mass is 9.96. The van der Waals surface area contributed by atoms with Crippen molar-refractivity contribution in [3.63, 3.8) is 0 Å². The maximum Gasteiger partial charge on any atom is 0.165 e. The molecule has 0 spiro atoms. The monoisotopic (exact) mass is 274 g/mol. The van der Waals surface area contributed by atoms with Crippen molar-refractivity contribution in [3.05, 3.63) is 47.1 Å². The summed E-state index contributed by atoms with van der Waals surface area (Å²) in [5.74, 6) is 0.0641. The Morgan fingerprint density at radius 3 is 2.75 bits per heavy atom. The largest absolute Gasteiger partial charge is 0.490 e. The lowest BCUT2D eigenvalue weighted by Gasteiger charge is -2.10. The van der Waals surface area contributed by atoms with E-state index in [0.29, 0.717) is 17.9 Å². The van der Waals surface area contributed by atoms with Crippen molar-refractivity contribution in [1.82, 2.24) is 5.16 Å². The van der Waals surface area contributed by atoms with Crippen LogP contribution >= 0.6 is 0 Å². The lowest BCUT2D eigenvalue weighted by molar-refractivity contribution is 0.290. The Hall–Kier alpha value is -2.35. The van der Waals surface area contributed by atoms with Crippen molar-refractivity contribution >= 4 is 0 Å². The van der Waals surface area contributed by atoms with E-state index in [-0.39, 0.29) is 18.3 Å². The zero-order valence-electron chi connectivity index (χ0n) is 11.4. The van der Waals surface area contributed by atoms with E-state index in [4.69, 9.17) is 9.26 Å². The van der Waals surface area contributed by atoms with Crippen molar-refractivity contribution < 1.29 is 13.7 Å². The second-order valence-corrected chi connectivity index (χ2v) is 4.49. The predicted octanol–water partition coefficient (Wildman–Crippen LogP) is 3.51. The lowest BCUT2D eigenvalue weighted by Crippen LogP contribution is -2.06. The Kier molecular flexibility index (Phi) is 4.36. The van der Waals surface area contributed by atoms with Crippen LogP contribution < -0.4 is 4.74 Å². The molecule has 0 aliphatic rings. The highest BCUT2D eigenvalue weighted by Crippen LogP contribution is 2.26. The maximum atomic E-state index is 13.4. The standard InChI is InChI=1S/C15H15FN2O2/c1-10-15(11(2)20-18-10)12(9-17)7-8-19-14-6-4-3-5-13(14)16/h3-6,12H,7-8H2,1-2H3. The second-order valence-electron chi connectivity index (χ2n) is 4.49. The van der Waals surface area contributed by atoms with Crippen LogP contribution in [0, 0.1) is 31.0 Å². The molecule has 5 heteroatoms. The summed E-state index contributed by atoms with van der Waals surface area (Å²) in [6.45, 7) is 3.83. The van der Waals surface area contributed by atoms with E-state index in [1.165, 1.54) is 6.07 Å². The molecular weight excluding hydrogens is 259 g/mol. The molecule has 0 aliphatic heterocycles. The molecule has 0 radical (unpaired) electrons. The third kappa shape index (κ3) is 2.97. The molecule has 4 nitrogen and oxygen atoms in total. The number of rotatable bonds is 5. The van der Waals surface area contributed by atoms with Crippen molar-refractivity contribution in [2.45, 2.75) is 26.2 Å². The number of hydrogen-bond donors (Lipinski definition) is 0. The normalized spacial score (nSPS) is 11.9. The molecule has 0 bridgehead atoms. The zero-order valence-corrected chi connectivity index (χ0v) is 11.4. The van der Waals surface area contributed by atoms with Gasteiger partial charge in [0.25, 0.3) is 0 Å². The number of nitrogens with zero attached hydrogens (tertiary/aromatic N) is 2. The smallest absolute Gasteiger partial charge is 0.165 e. The van der Waals surface area contributed by atoms with Crippen LogP contribution in [-0.2, 0) is 0 Å². The number of para-hydroxylation sites is 1. The van der Waals surface area contributed by atoms with Crippen LogP contribution in [0.25, 0.3) is 0 Å². The Morgan fingerprint density at radius 1 is 1.40 bits per heavy atom. The van der Waals surface area contributed by atoms with Gasteiger partial charge in [-0.1, -0.05) is 17.3 Å². The molecule has 1 aromatic carbocycles. The quantitative estimate of drug-likeness (QED) is 0.837. The molecule has 0 aliphatic carbocycles. The van der Waals surface area contributed by atoms with Gasteiger partial charge in [0, 0.05) is 12.0 Å². The van der Waals surface area contributed by atoms with Gasteiger partial charge in [-0.15, -0.1) is 0 Å². The van der Waals surface area contributed by atoms with Gasteiger partial charge in [0.05, 0.1) is 24.3 Å². The van der Waals surface area contributed by atoms with E-state index in [1.54, 1.807) is 32.0 Å². The van der Waals surface area contributed by atoms with E-state index in [2.05, 4.69) is 11.2 Å². The summed E-state index contributed by atoms with van der Waals surface area (Å²) in [4.78, 5) is 0. The summed E-state index contributed by atoms with van der Waals surface area (Å²) in [5.41, 5.74) is 1.50. The molecule has 1 heterocycles. The van der Waals surface area contributed by atoms with Crippen LogP contribution in [0.2, 0.25) is 0 Å². The topological polar surface area (TPSA) is 59.0 Å². The third-order valence-corrected chi connectivity index (χ3v) is 3.09. The molecule has 104 valence electrons. The first-order valence-electron chi connectivity index (χ1n) is 6.33. The van der Waals surface area contributed by atoms with Gasteiger partial charge in [-0.2, -0.15) is 5.26 Å². The summed E-state index contributed by atoms with van der Waals surface area (Å²) in [6, 6.07) is 8.42. The minimum absolute atomic E-state index is 0.197. The Labute approximate surface area is 116 Å². The number of ether oxygens (including phenoxy) is 1. The van der Waals surface area contributed by atoms with Gasteiger partial charge in [0.2, 0.25) is 0 Å². The van der Waals surface area contributed by atoms with Crippen molar-refractivity contribution in [2.75, 3.05) is 6.61 Å². The van der Waals surface area contributed by atoms with Gasteiger partial charge < -0.3 is 9.26 Å². The van der Waals surface area contributed by atoms with E-state index >= 15 is 0 Å². The van der Waals surface area contributed by atoms with Gasteiger partial charge in [-0.25, -0.2) is 4.39 Å². The third-order valence-electron chi connectivity index (χ3n) is 3.09. The number of hydrogen-bond acceptors (Lipinski definition) is 4. The molecular formula is C15H15FN2O2. The number of benzene rings is 1. The highest BCUT2D eigenvalue weighted by Gasteiger charge is 2.20. The van der Waals surface area contributed by atoms with Crippen LogP contribution in [0.5, 0.6) is 5.75 Å². The number of aryl methyl sites for hydroxylation is 2.